The quantitative estimate of drug-likeness (QED) is 0.763. The molecule has 3 aliphatic rings. The van der Waals surface area contributed by atoms with Gasteiger partial charge >= 0.3 is 0 Å². The molecule has 1 amide bonds. The zero-order valence-electron chi connectivity index (χ0n) is 18.4. The van der Waals surface area contributed by atoms with Crippen molar-refractivity contribution in [2.45, 2.75) is 19.4 Å². The molecule has 2 aromatic rings. The van der Waals surface area contributed by atoms with Crippen LogP contribution in [-0.4, -0.2) is 69.9 Å². The highest BCUT2D eigenvalue weighted by atomic mass is 16.5. The third-order valence-electron chi connectivity index (χ3n) is 6.96. The number of hydrogen-bond acceptors (Lipinski definition) is 5. The maximum absolute atomic E-state index is 13.6. The Morgan fingerprint density at radius 1 is 1.03 bits per heavy atom. The molecule has 3 heterocycles. The SMILES string of the molecule is COc1ccc2c(c1)N1CCN(c3ccc(C)cc3)C[C@H]1[C@@H](C(=O)N1CCOCC1)C2. The Morgan fingerprint density at radius 3 is 2.55 bits per heavy atom. The van der Waals surface area contributed by atoms with Crippen molar-refractivity contribution < 1.29 is 14.3 Å². The predicted octanol–water partition coefficient (Wildman–Crippen LogP) is 2.73. The van der Waals surface area contributed by atoms with Crippen LogP contribution < -0.4 is 14.5 Å². The van der Waals surface area contributed by atoms with Crippen molar-refractivity contribution in [2.24, 2.45) is 5.92 Å². The number of carbonyl (C=O) groups is 1. The van der Waals surface area contributed by atoms with Crippen molar-refractivity contribution in [2.75, 3.05) is 62.8 Å². The molecule has 0 radical (unpaired) electrons. The molecular formula is C25H31N3O3. The average molecular weight is 422 g/mol. The van der Waals surface area contributed by atoms with Crippen LogP contribution in [0.2, 0.25) is 0 Å². The summed E-state index contributed by atoms with van der Waals surface area (Å²) in [5.41, 5.74) is 4.96. The first-order valence-corrected chi connectivity index (χ1v) is 11.3. The third-order valence-corrected chi connectivity index (χ3v) is 6.96. The first-order chi connectivity index (χ1) is 15.1. The van der Waals surface area contributed by atoms with Crippen molar-refractivity contribution in [1.29, 1.82) is 0 Å². The van der Waals surface area contributed by atoms with Gasteiger partial charge in [0.15, 0.2) is 0 Å². The maximum Gasteiger partial charge on any atom is 0.228 e. The van der Waals surface area contributed by atoms with Gasteiger partial charge in [-0.1, -0.05) is 23.8 Å². The van der Waals surface area contributed by atoms with Crippen molar-refractivity contribution in [1.82, 2.24) is 4.90 Å². The second kappa shape index (κ2) is 8.42. The summed E-state index contributed by atoms with van der Waals surface area (Å²) < 4.78 is 11.0. The Kier molecular flexibility index (Phi) is 5.48. The Morgan fingerprint density at radius 2 is 1.81 bits per heavy atom. The molecule has 0 aliphatic carbocycles. The maximum atomic E-state index is 13.6. The Labute approximate surface area is 184 Å². The highest BCUT2D eigenvalue weighted by Gasteiger charge is 2.43. The zero-order chi connectivity index (χ0) is 21.4. The van der Waals surface area contributed by atoms with E-state index in [1.54, 1.807) is 7.11 Å². The number of hydrogen-bond donors (Lipinski definition) is 0. The molecular weight excluding hydrogens is 390 g/mol. The van der Waals surface area contributed by atoms with E-state index in [2.05, 4.69) is 53.1 Å². The van der Waals surface area contributed by atoms with Crippen LogP contribution >= 0.6 is 0 Å². The van der Waals surface area contributed by atoms with E-state index in [9.17, 15) is 4.79 Å². The number of fused-ring (bicyclic) bond motifs is 3. The first-order valence-electron chi connectivity index (χ1n) is 11.3. The van der Waals surface area contributed by atoms with Gasteiger partial charge in [-0.05, 0) is 37.1 Å². The van der Waals surface area contributed by atoms with Gasteiger partial charge in [0.1, 0.15) is 5.75 Å². The van der Waals surface area contributed by atoms with Crippen LogP contribution in [0, 0.1) is 12.8 Å². The second-order valence-corrected chi connectivity index (χ2v) is 8.79. The van der Waals surface area contributed by atoms with Gasteiger partial charge in [0.2, 0.25) is 5.91 Å². The van der Waals surface area contributed by atoms with Crippen LogP contribution in [0.15, 0.2) is 42.5 Å². The molecule has 0 bridgehead atoms. The molecule has 3 aliphatic heterocycles. The lowest BCUT2D eigenvalue weighted by atomic mass is 9.82. The van der Waals surface area contributed by atoms with Crippen LogP contribution in [0.4, 0.5) is 11.4 Å². The molecule has 2 atom stereocenters. The molecule has 5 rings (SSSR count). The van der Waals surface area contributed by atoms with E-state index >= 15 is 0 Å². The number of morpholine rings is 1. The molecule has 2 fully saturated rings. The van der Waals surface area contributed by atoms with Gasteiger partial charge in [-0.3, -0.25) is 4.79 Å². The van der Waals surface area contributed by atoms with E-state index in [4.69, 9.17) is 9.47 Å². The van der Waals surface area contributed by atoms with Crippen LogP contribution in [0.25, 0.3) is 0 Å². The van der Waals surface area contributed by atoms with E-state index in [0.717, 1.165) is 31.8 Å². The smallest absolute Gasteiger partial charge is 0.228 e. The van der Waals surface area contributed by atoms with E-state index in [0.29, 0.717) is 26.3 Å². The fraction of sp³-hybridized carbons (Fsp3) is 0.480. The van der Waals surface area contributed by atoms with E-state index < -0.39 is 0 Å². The zero-order valence-corrected chi connectivity index (χ0v) is 18.4. The first kappa shape index (κ1) is 20.2. The summed E-state index contributed by atoms with van der Waals surface area (Å²) in [4.78, 5) is 20.5. The number of amides is 1. The molecule has 0 unspecified atom stereocenters. The predicted molar refractivity (Wildman–Crippen MR) is 122 cm³/mol. The van der Waals surface area contributed by atoms with E-state index in [1.165, 1.54) is 22.5 Å². The number of anilines is 2. The fourth-order valence-corrected chi connectivity index (χ4v) is 5.20. The number of rotatable bonds is 3. The largest absolute Gasteiger partial charge is 0.497 e. The summed E-state index contributed by atoms with van der Waals surface area (Å²) >= 11 is 0. The summed E-state index contributed by atoms with van der Waals surface area (Å²) in [5.74, 6) is 1.09. The number of methoxy groups -OCH3 is 1. The summed E-state index contributed by atoms with van der Waals surface area (Å²) in [6.07, 6.45) is 0.776. The summed E-state index contributed by atoms with van der Waals surface area (Å²) in [5, 5.41) is 0. The molecule has 164 valence electrons. The van der Waals surface area contributed by atoms with Gasteiger partial charge in [-0.2, -0.15) is 0 Å². The Hall–Kier alpha value is -2.73. The molecule has 0 aromatic heterocycles. The number of benzene rings is 2. The monoisotopic (exact) mass is 421 g/mol. The Bertz CT molecular complexity index is 940. The van der Waals surface area contributed by atoms with Crippen LogP contribution in [0.1, 0.15) is 11.1 Å². The lowest BCUT2D eigenvalue weighted by Crippen LogP contribution is -2.62. The highest BCUT2D eigenvalue weighted by Crippen LogP contribution is 2.39. The minimum atomic E-state index is -0.0488. The van der Waals surface area contributed by atoms with Gasteiger partial charge in [0, 0.05) is 50.2 Å². The van der Waals surface area contributed by atoms with Gasteiger partial charge in [0.25, 0.3) is 0 Å². The van der Waals surface area contributed by atoms with Crippen LogP contribution in [0.3, 0.4) is 0 Å². The molecule has 0 N–H and O–H groups in total. The van der Waals surface area contributed by atoms with E-state index in [-0.39, 0.29) is 17.9 Å². The number of ether oxygens (including phenoxy) is 2. The molecule has 31 heavy (non-hydrogen) atoms. The van der Waals surface area contributed by atoms with Crippen LogP contribution in [0.5, 0.6) is 5.75 Å². The molecule has 2 aromatic carbocycles. The van der Waals surface area contributed by atoms with Crippen molar-refractivity contribution in [3.63, 3.8) is 0 Å². The number of carbonyl (C=O) groups excluding carboxylic acids is 1. The lowest BCUT2D eigenvalue weighted by Gasteiger charge is -2.50. The standard InChI is InChI=1S/C25H31N3O3/c1-18-3-6-20(7-4-18)27-9-10-28-23-16-21(30-2)8-5-19(23)15-22(24(28)17-27)25(29)26-11-13-31-14-12-26/h3-8,16,22,24H,9-15,17H2,1-2H3/t22-,24-/m0/s1. The van der Waals surface area contributed by atoms with Crippen molar-refractivity contribution in [3.8, 4) is 5.75 Å². The number of piperazine rings is 1. The average Bonchev–Trinajstić information content (AvgIpc) is 2.83. The molecule has 0 saturated carbocycles. The van der Waals surface area contributed by atoms with Crippen LogP contribution in [-0.2, 0) is 16.0 Å². The van der Waals surface area contributed by atoms with Gasteiger partial charge in [-0.15, -0.1) is 0 Å². The second-order valence-electron chi connectivity index (χ2n) is 8.79. The van der Waals surface area contributed by atoms with Gasteiger partial charge < -0.3 is 24.2 Å². The van der Waals surface area contributed by atoms with E-state index in [1.807, 2.05) is 11.0 Å². The molecule has 6 nitrogen and oxygen atoms in total. The molecule has 6 heteroatoms. The summed E-state index contributed by atoms with van der Waals surface area (Å²) in [6.45, 7) is 7.45. The summed E-state index contributed by atoms with van der Waals surface area (Å²) in [6, 6.07) is 15.2. The minimum absolute atomic E-state index is 0.0488. The number of nitrogens with zero attached hydrogens (tertiary/aromatic N) is 3. The fourth-order valence-electron chi connectivity index (χ4n) is 5.20. The molecule has 0 spiro atoms. The van der Waals surface area contributed by atoms with Crippen molar-refractivity contribution >= 4 is 17.3 Å². The third kappa shape index (κ3) is 3.85. The normalized spacial score (nSPS) is 23.2. The topological polar surface area (TPSA) is 45.2 Å². The highest BCUT2D eigenvalue weighted by molar-refractivity contribution is 5.83. The number of aryl methyl sites for hydroxylation is 1. The van der Waals surface area contributed by atoms with Gasteiger partial charge in [-0.25, -0.2) is 0 Å². The Balaban J connectivity index is 1.47. The lowest BCUT2D eigenvalue weighted by molar-refractivity contribution is -0.140. The molecule has 2 saturated heterocycles. The van der Waals surface area contributed by atoms with Gasteiger partial charge in [0.05, 0.1) is 32.3 Å². The minimum Gasteiger partial charge on any atom is -0.497 e. The van der Waals surface area contributed by atoms with Crippen molar-refractivity contribution in [3.05, 3.63) is 53.6 Å². The summed E-state index contributed by atoms with van der Waals surface area (Å²) in [7, 11) is 1.71.